The van der Waals surface area contributed by atoms with Crippen LogP contribution in [0.2, 0.25) is 0 Å². The molecule has 0 unspecified atom stereocenters. The molecule has 20 heavy (non-hydrogen) atoms. The van der Waals surface area contributed by atoms with Gasteiger partial charge >= 0.3 is 0 Å². The van der Waals surface area contributed by atoms with Gasteiger partial charge in [-0.25, -0.2) is 12.7 Å². The maximum atomic E-state index is 12.4. The van der Waals surface area contributed by atoms with E-state index >= 15 is 0 Å². The lowest BCUT2D eigenvalue weighted by Crippen LogP contribution is -2.44. The molecule has 0 amide bonds. The zero-order valence-electron chi connectivity index (χ0n) is 12.1. The van der Waals surface area contributed by atoms with Crippen molar-refractivity contribution in [2.75, 3.05) is 32.9 Å². The summed E-state index contributed by atoms with van der Waals surface area (Å²) in [6.45, 7) is 1.19. The van der Waals surface area contributed by atoms with Crippen molar-refractivity contribution in [1.82, 2.24) is 9.21 Å². The van der Waals surface area contributed by atoms with Gasteiger partial charge in [0.25, 0.3) is 0 Å². The molecule has 0 spiro atoms. The summed E-state index contributed by atoms with van der Waals surface area (Å²) in [6.07, 6.45) is 1.77. The van der Waals surface area contributed by atoms with Crippen molar-refractivity contribution in [3.05, 3.63) is 29.8 Å². The Hall–Kier alpha value is -1.11. The third kappa shape index (κ3) is 3.50. The first-order valence-corrected chi connectivity index (χ1v) is 8.48. The average molecular weight is 297 g/mol. The molecule has 0 saturated carbocycles. The number of para-hydroxylation sites is 1. The van der Waals surface area contributed by atoms with E-state index in [1.165, 1.54) is 0 Å². The van der Waals surface area contributed by atoms with Crippen LogP contribution in [-0.4, -0.2) is 50.8 Å². The van der Waals surface area contributed by atoms with Gasteiger partial charge in [0.05, 0.1) is 5.75 Å². The minimum absolute atomic E-state index is 0.00763. The van der Waals surface area contributed by atoms with Crippen molar-refractivity contribution in [3.8, 4) is 0 Å². The molecule has 6 heteroatoms. The maximum absolute atomic E-state index is 12.4. The number of rotatable bonds is 4. The molecule has 0 aliphatic carbocycles. The van der Waals surface area contributed by atoms with E-state index in [-0.39, 0.29) is 5.75 Å². The molecule has 1 aliphatic rings. The lowest BCUT2D eigenvalue weighted by molar-refractivity contribution is 0.196. The molecule has 1 aromatic rings. The van der Waals surface area contributed by atoms with Crippen LogP contribution in [0.1, 0.15) is 18.4 Å². The molecule has 2 N–H and O–H groups in total. The minimum Gasteiger partial charge on any atom is -0.398 e. The van der Waals surface area contributed by atoms with Gasteiger partial charge in [-0.2, -0.15) is 0 Å². The van der Waals surface area contributed by atoms with Crippen LogP contribution in [0.5, 0.6) is 0 Å². The second-order valence-electron chi connectivity index (χ2n) is 5.55. The zero-order valence-corrected chi connectivity index (χ0v) is 12.9. The molecule has 0 aromatic heterocycles. The van der Waals surface area contributed by atoms with Crippen LogP contribution in [-0.2, 0) is 15.8 Å². The normalized spacial score (nSPS) is 18.6. The van der Waals surface area contributed by atoms with E-state index in [9.17, 15) is 8.42 Å². The van der Waals surface area contributed by atoms with E-state index in [2.05, 4.69) is 4.90 Å². The summed E-state index contributed by atoms with van der Waals surface area (Å²) in [5, 5.41) is 0. The van der Waals surface area contributed by atoms with Crippen molar-refractivity contribution in [2.24, 2.45) is 0 Å². The van der Waals surface area contributed by atoms with Gasteiger partial charge in [0, 0.05) is 24.8 Å². The zero-order chi connectivity index (χ0) is 14.8. The molecule has 5 nitrogen and oxygen atoms in total. The summed E-state index contributed by atoms with van der Waals surface area (Å²) in [5.41, 5.74) is 7.05. The fourth-order valence-corrected chi connectivity index (χ4v) is 4.20. The first kappa shape index (κ1) is 15.3. The Balaban J connectivity index is 2.04. The van der Waals surface area contributed by atoms with Crippen LogP contribution in [0.25, 0.3) is 0 Å². The Morgan fingerprint density at radius 3 is 2.40 bits per heavy atom. The van der Waals surface area contributed by atoms with E-state index in [1.54, 1.807) is 16.4 Å². The molecule has 2 rings (SSSR count). The van der Waals surface area contributed by atoms with E-state index in [0.29, 0.717) is 30.4 Å². The maximum Gasteiger partial charge on any atom is 0.218 e. The molecule has 1 heterocycles. The molecule has 1 fully saturated rings. The lowest BCUT2D eigenvalue weighted by atomic mass is 10.1. The molecule has 1 aromatic carbocycles. The van der Waals surface area contributed by atoms with Gasteiger partial charge in [0.1, 0.15) is 0 Å². The average Bonchev–Trinajstić information content (AvgIpc) is 2.41. The van der Waals surface area contributed by atoms with Crippen LogP contribution in [0.15, 0.2) is 24.3 Å². The smallest absolute Gasteiger partial charge is 0.218 e. The highest BCUT2D eigenvalue weighted by atomic mass is 32.2. The van der Waals surface area contributed by atoms with E-state index in [0.717, 1.165) is 12.8 Å². The van der Waals surface area contributed by atoms with Crippen LogP contribution >= 0.6 is 0 Å². The Labute approximate surface area is 121 Å². The monoisotopic (exact) mass is 297 g/mol. The Bertz CT molecular complexity index is 549. The highest BCUT2D eigenvalue weighted by Gasteiger charge is 2.29. The lowest BCUT2D eigenvalue weighted by Gasteiger charge is -2.34. The molecule has 1 saturated heterocycles. The van der Waals surface area contributed by atoms with Gasteiger partial charge in [-0.15, -0.1) is 0 Å². The second-order valence-corrected chi connectivity index (χ2v) is 7.52. The van der Waals surface area contributed by atoms with Crippen molar-refractivity contribution >= 4 is 15.7 Å². The van der Waals surface area contributed by atoms with Gasteiger partial charge in [0.15, 0.2) is 0 Å². The third-order valence-corrected chi connectivity index (χ3v) is 5.77. The number of hydrogen-bond donors (Lipinski definition) is 1. The Kier molecular flexibility index (Phi) is 4.67. The summed E-state index contributed by atoms with van der Waals surface area (Å²) >= 11 is 0. The molecule has 112 valence electrons. The number of anilines is 1. The van der Waals surface area contributed by atoms with Crippen LogP contribution < -0.4 is 5.73 Å². The topological polar surface area (TPSA) is 66.6 Å². The van der Waals surface area contributed by atoms with Gasteiger partial charge in [-0.05, 0) is 38.6 Å². The quantitative estimate of drug-likeness (QED) is 0.846. The minimum atomic E-state index is -3.27. The van der Waals surface area contributed by atoms with E-state index in [1.807, 2.05) is 26.2 Å². The van der Waals surface area contributed by atoms with E-state index in [4.69, 9.17) is 5.73 Å². The number of hydrogen-bond acceptors (Lipinski definition) is 4. The Morgan fingerprint density at radius 2 is 1.85 bits per heavy atom. The summed E-state index contributed by atoms with van der Waals surface area (Å²) < 4.78 is 26.5. The standard InChI is InChI=1S/C14H23N3O2S/c1-16(2)13-7-9-17(10-8-13)20(18,19)11-12-5-3-4-6-14(12)15/h3-6,13H,7-11,15H2,1-2H3. The van der Waals surface area contributed by atoms with Gasteiger partial charge < -0.3 is 10.6 Å². The highest BCUT2D eigenvalue weighted by molar-refractivity contribution is 7.88. The van der Waals surface area contributed by atoms with Gasteiger partial charge in [0.2, 0.25) is 10.0 Å². The number of sulfonamides is 1. The summed E-state index contributed by atoms with van der Waals surface area (Å²) in [6, 6.07) is 7.62. The fraction of sp³-hybridized carbons (Fsp3) is 0.571. The highest BCUT2D eigenvalue weighted by Crippen LogP contribution is 2.21. The van der Waals surface area contributed by atoms with Gasteiger partial charge in [-0.1, -0.05) is 18.2 Å². The predicted molar refractivity (Wildman–Crippen MR) is 81.8 cm³/mol. The Morgan fingerprint density at radius 1 is 1.25 bits per heavy atom. The van der Waals surface area contributed by atoms with Crippen molar-refractivity contribution in [2.45, 2.75) is 24.6 Å². The number of piperidine rings is 1. The summed E-state index contributed by atoms with van der Waals surface area (Å²) in [5.74, 6) is -0.00763. The van der Waals surface area contributed by atoms with Crippen molar-refractivity contribution < 1.29 is 8.42 Å². The molecular weight excluding hydrogens is 274 g/mol. The molecular formula is C14H23N3O2S. The molecule has 0 atom stereocenters. The van der Waals surface area contributed by atoms with Gasteiger partial charge in [-0.3, -0.25) is 0 Å². The molecule has 1 aliphatic heterocycles. The first-order chi connectivity index (χ1) is 9.40. The number of benzene rings is 1. The molecule has 0 radical (unpaired) electrons. The SMILES string of the molecule is CN(C)C1CCN(S(=O)(=O)Cc2ccccc2N)CC1. The fourth-order valence-electron chi connectivity index (χ4n) is 2.59. The van der Waals surface area contributed by atoms with Crippen molar-refractivity contribution in [3.63, 3.8) is 0 Å². The number of nitrogen functional groups attached to an aromatic ring is 1. The number of nitrogens with two attached hydrogens (primary N) is 1. The molecule has 0 bridgehead atoms. The number of nitrogens with zero attached hydrogens (tertiary/aromatic N) is 2. The first-order valence-electron chi connectivity index (χ1n) is 6.88. The second kappa shape index (κ2) is 6.11. The summed E-state index contributed by atoms with van der Waals surface area (Å²) in [4.78, 5) is 2.17. The summed E-state index contributed by atoms with van der Waals surface area (Å²) in [7, 11) is 0.809. The van der Waals surface area contributed by atoms with E-state index < -0.39 is 10.0 Å². The van der Waals surface area contributed by atoms with Crippen molar-refractivity contribution in [1.29, 1.82) is 0 Å². The van der Waals surface area contributed by atoms with Crippen LogP contribution in [0, 0.1) is 0 Å². The van der Waals surface area contributed by atoms with Crippen LogP contribution in [0.4, 0.5) is 5.69 Å². The third-order valence-electron chi connectivity index (χ3n) is 3.94. The van der Waals surface area contributed by atoms with Crippen LogP contribution in [0.3, 0.4) is 0 Å². The largest absolute Gasteiger partial charge is 0.398 e. The predicted octanol–water partition coefficient (Wildman–Crippen LogP) is 1.12.